The number of thiocarbonyl (C=S) groups is 1. The smallest absolute Gasteiger partial charge is 0.393 e. The van der Waals surface area contributed by atoms with Crippen molar-refractivity contribution >= 4 is 28.8 Å². The van der Waals surface area contributed by atoms with E-state index >= 15 is 0 Å². The third kappa shape index (κ3) is 3.99. The fourth-order valence-corrected chi connectivity index (χ4v) is 1.50. The molecule has 1 amide bonds. The van der Waals surface area contributed by atoms with Crippen LogP contribution in [0.25, 0.3) is 0 Å². The first-order valence-electron chi connectivity index (χ1n) is 4.96. The van der Waals surface area contributed by atoms with Gasteiger partial charge in [-0.1, -0.05) is 18.3 Å². The second-order valence-corrected chi connectivity index (χ2v) is 4.24. The van der Waals surface area contributed by atoms with Crippen molar-refractivity contribution in [3.8, 4) is 0 Å². The zero-order valence-electron chi connectivity index (χ0n) is 9.47. The summed E-state index contributed by atoms with van der Waals surface area (Å²) >= 11 is 4.53. The predicted octanol–water partition coefficient (Wildman–Crippen LogP) is 2.63. The summed E-state index contributed by atoms with van der Waals surface area (Å²) in [6, 6.07) is 3.56. The molecule has 0 aliphatic carbocycles. The number of hydrogen-bond acceptors (Lipinski definition) is 2. The Hall–Kier alpha value is -1.63. The van der Waals surface area contributed by atoms with Crippen LogP contribution in [-0.4, -0.2) is 10.9 Å². The zero-order chi connectivity index (χ0) is 13.9. The average molecular weight is 276 g/mol. The molecule has 1 aromatic carbocycles. The highest BCUT2D eigenvalue weighted by Gasteiger charge is 2.32. The van der Waals surface area contributed by atoms with E-state index in [2.05, 4.69) is 17.5 Å². The minimum Gasteiger partial charge on any atom is -0.393 e. The quantitative estimate of drug-likeness (QED) is 0.834. The number of carbonyl (C=O) groups excluding carboxylic acids is 1. The summed E-state index contributed by atoms with van der Waals surface area (Å²) in [5, 5.41) is 2.31. The van der Waals surface area contributed by atoms with Crippen molar-refractivity contribution in [2.45, 2.75) is 19.5 Å². The molecule has 98 valence electrons. The van der Waals surface area contributed by atoms with E-state index < -0.39 is 17.6 Å². The fraction of sp³-hybridized carbons (Fsp3) is 0.273. The van der Waals surface area contributed by atoms with Gasteiger partial charge >= 0.3 is 6.18 Å². The summed E-state index contributed by atoms with van der Waals surface area (Å²) in [5.41, 5.74) is 4.54. The van der Waals surface area contributed by atoms with Crippen LogP contribution in [-0.2, 0) is 11.0 Å². The number of aryl methyl sites for hydroxylation is 1. The Morgan fingerprint density at radius 1 is 1.44 bits per heavy atom. The van der Waals surface area contributed by atoms with Crippen LogP contribution in [0, 0.1) is 6.92 Å². The zero-order valence-corrected chi connectivity index (χ0v) is 10.3. The van der Waals surface area contributed by atoms with E-state index in [9.17, 15) is 18.0 Å². The molecule has 1 rings (SSSR count). The molecule has 0 radical (unpaired) electrons. The Morgan fingerprint density at radius 3 is 2.56 bits per heavy atom. The highest BCUT2D eigenvalue weighted by Crippen LogP contribution is 2.33. The van der Waals surface area contributed by atoms with Crippen LogP contribution in [0.4, 0.5) is 18.9 Å². The molecule has 7 heteroatoms. The molecule has 0 unspecified atom stereocenters. The van der Waals surface area contributed by atoms with Crippen LogP contribution in [0.5, 0.6) is 0 Å². The maximum Gasteiger partial charge on any atom is 0.416 e. The van der Waals surface area contributed by atoms with Crippen LogP contribution in [0.15, 0.2) is 18.2 Å². The summed E-state index contributed by atoms with van der Waals surface area (Å²) in [4.78, 5) is 11.3. The molecule has 0 saturated heterocycles. The van der Waals surface area contributed by atoms with Gasteiger partial charge in [-0.2, -0.15) is 13.2 Å². The summed E-state index contributed by atoms with van der Waals surface area (Å²) in [6.45, 7) is 1.35. The van der Waals surface area contributed by atoms with Crippen LogP contribution in [0.1, 0.15) is 17.5 Å². The maximum atomic E-state index is 12.6. The number of alkyl halides is 3. The molecule has 0 aromatic heterocycles. The number of amides is 1. The van der Waals surface area contributed by atoms with E-state index in [4.69, 9.17) is 5.73 Å². The van der Waals surface area contributed by atoms with Gasteiger partial charge in [0, 0.05) is 5.69 Å². The van der Waals surface area contributed by atoms with Crippen LogP contribution in [0.2, 0.25) is 0 Å². The SMILES string of the molecule is Cc1ccc(NC(=O)CC(N)=S)cc1C(F)(F)F. The maximum absolute atomic E-state index is 12.6. The summed E-state index contributed by atoms with van der Waals surface area (Å²) in [6.07, 6.45) is -4.65. The summed E-state index contributed by atoms with van der Waals surface area (Å²) < 4.78 is 37.9. The molecule has 3 nitrogen and oxygen atoms in total. The number of nitrogens with two attached hydrogens (primary N) is 1. The first-order chi connectivity index (χ1) is 8.20. The number of halogens is 3. The lowest BCUT2D eigenvalue weighted by Gasteiger charge is -2.12. The van der Waals surface area contributed by atoms with Crippen LogP contribution >= 0.6 is 12.2 Å². The monoisotopic (exact) mass is 276 g/mol. The van der Waals surface area contributed by atoms with Gasteiger partial charge in [0.05, 0.1) is 17.0 Å². The third-order valence-corrected chi connectivity index (χ3v) is 2.31. The number of rotatable bonds is 3. The molecule has 18 heavy (non-hydrogen) atoms. The first-order valence-corrected chi connectivity index (χ1v) is 5.37. The van der Waals surface area contributed by atoms with Crippen molar-refractivity contribution in [3.05, 3.63) is 29.3 Å². The summed E-state index contributed by atoms with van der Waals surface area (Å²) in [5.74, 6) is -0.542. The molecule has 0 spiro atoms. The Kier molecular flexibility index (Phi) is 4.28. The van der Waals surface area contributed by atoms with Gasteiger partial charge in [0.1, 0.15) is 0 Å². The molecule has 0 aliphatic heterocycles. The Morgan fingerprint density at radius 2 is 2.06 bits per heavy atom. The number of hydrogen-bond donors (Lipinski definition) is 2. The highest BCUT2D eigenvalue weighted by molar-refractivity contribution is 7.80. The molecule has 0 fully saturated rings. The van der Waals surface area contributed by atoms with Gasteiger partial charge in [-0.3, -0.25) is 4.79 Å². The second-order valence-electron chi connectivity index (χ2n) is 3.72. The number of benzene rings is 1. The molecule has 0 aliphatic rings. The Balaban J connectivity index is 2.92. The van der Waals surface area contributed by atoms with E-state index in [1.807, 2.05) is 0 Å². The summed E-state index contributed by atoms with van der Waals surface area (Å²) in [7, 11) is 0. The predicted molar refractivity (Wildman–Crippen MR) is 66.2 cm³/mol. The fourth-order valence-electron chi connectivity index (χ4n) is 1.37. The van der Waals surface area contributed by atoms with Gasteiger partial charge in [-0.05, 0) is 24.6 Å². The first kappa shape index (κ1) is 14.4. The van der Waals surface area contributed by atoms with E-state index in [1.54, 1.807) is 0 Å². The molecule has 0 bridgehead atoms. The third-order valence-electron chi connectivity index (χ3n) is 2.16. The standard InChI is InChI=1S/C11H11F3N2OS/c1-6-2-3-7(4-8(6)11(12,13)14)16-10(17)5-9(15)18/h2-4H,5H2,1H3,(H2,15,18)(H,16,17). The number of carbonyl (C=O) groups is 1. The van der Waals surface area contributed by atoms with Crippen molar-refractivity contribution in [1.82, 2.24) is 0 Å². The largest absolute Gasteiger partial charge is 0.416 e. The lowest BCUT2D eigenvalue weighted by Crippen LogP contribution is -2.20. The normalized spacial score (nSPS) is 11.1. The van der Waals surface area contributed by atoms with Crippen molar-refractivity contribution in [2.24, 2.45) is 5.73 Å². The number of anilines is 1. The van der Waals surface area contributed by atoms with Crippen molar-refractivity contribution in [1.29, 1.82) is 0 Å². The molecule has 1 aromatic rings. The molecule has 0 atom stereocenters. The van der Waals surface area contributed by atoms with Crippen molar-refractivity contribution < 1.29 is 18.0 Å². The molecular weight excluding hydrogens is 265 g/mol. The topological polar surface area (TPSA) is 55.1 Å². The van der Waals surface area contributed by atoms with Crippen LogP contribution in [0.3, 0.4) is 0 Å². The lowest BCUT2D eigenvalue weighted by molar-refractivity contribution is -0.138. The average Bonchev–Trinajstić information content (AvgIpc) is 2.17. The molecule has 3 N–H and O–H groups in total. The lowest BCUT2D eigenvalue weighted by atomic mass is 10.1. The van der Waals surface area contributed by atoms with E-state index in [0.717, 1.165) is 6.07 Å². The van der Waals surface area contributed by atoms with Crippen molar-refractivity contribution in [2.75, 3.05) is 5.32 Å². The molecular formula is C11H11F3N2OS. The molecule has 0 saturated carbocycles. The Bertz CT molecular complexity index is 486. The van der Waals surface area contributed by atoms with Gasteiger partial charge in [-0.25, -0.2) is 0 Å². The second kappa shape index (κ2) is 5.34. The van der Waals surface area contributed by atoms with Crippen molar-refractivity contribution in [3.63, 3.8) is 0 Å². The highest BCUT2D eigenvalue weighted by atomic mass is 32.1. The number of nitrogens with one attached hydrogen (secondary N) is 1. The van der Waals surface area contributed by atoms with Crippen LogP contribution < -0.4 is 11.1 Å². The van der Waals surface area contributed by atoms with E-state index in [-0.39, 0.29) is 22.7 Å². The van der Waals surface area contributed by atoms with Gasteiger partial charge in [-0.15, -0.1) is 0 Å². The van der Waals surface area contributed by atoms with E-state index in [0.29, 0.717) is 0 Å². The van der Waals surface area contributed by atoms with E-state index in [1.165, 1.54) is 19.1 Å². The minimum atomic E-state index is -4.45. The minimum absolute atomic E-state index is 0.0179. The van der Waals surface area contributed by atoms with Gasteiger partial charge in [0.25, 0.3) is 0 Å². The van der Waals surface area contributed by atoms with Gasteiger partial charge < -0.3 is 11.1 Å². The van der Waals surface area contributed by atoms with Gasteiger partial charge in [0.2, 0.25) is 5.91 Å². The molecule has 0 heterocycles. The Labute approximate surface area is 107 Å². The van der Waals surface area contributed by atoms with Gasteiger partial charge in [0.15, 0.2) is 0 Å².